The summed E-state index contributed by atoms with van der Waals surface area (Å²) in [5.41, 5.74) is 0.900. The standard InChI is InChI=1S/C30H36ClN3O5S/c1-5-22(3)32-30(36)27(6-2)33(20-23-13-12-14-24(19-23)39-4)29(35)21-34(28-18-11-10-17-26(28)31)40(37,38)25-15-8-7-9-16-25/h7-19,22,27H,5-6,20-21H2,1-4H3,(H,32,36). The SMILES string of the molecule is CCC(C)NC(=O)C(CC)N(Cc1cccc(OC)c1)C(=O)CN(c1ccccc1Cl)S(=O)(=O)c1ccccc1. The van der Waals surface area contributed by atoms with Gasteiger partial charge in [-0.3, -0.25) is 13.9 Å². The fourth-order valence-electron chi connectivity index (χ4n) is 4.22. The number of para-hydroxylation sites is 1. The van der Waals surface area contributed by atoms with E-state index in [0.29, 0.717) is 12.2 Å². The summed E-state index contributed by atoms with van der Waals surface area (Å²) in [6, 6.07) is 20.6. The van der Waals surface area contributed by atoms with Crippen LogP contribution in [0.5, 0.6) is 5.75 Å². The summed E-state index contributed by atoms with van der Waals surface area (Å²) < 4.78 is 34.0. The highest BCUT2D eigenvalue weighted by Gasteiger charge is 2.34. The van der Waals surface area contributed by atoms with Crippen LogP contribution in [-0.4, -0.2) is 50.9 Å². The van der Waals surface area contributed by atoms with Crippen molar-refractivity contribution in [2.75, 3.05) is 18.0 Å². The lowest BCUT2D eigenvalue weighted by Crippen LogP contribution is -2.53. The first kappa shape index (κ1) is 31.0. The van der Waals surface area contributed by atoms with Crippen molar-refractivity contribution in [2.24, 2.45) is 0 Å². The maximum atomic E-state index is 14.1. The van der Waals surface area contributed by atoms with Gasteiger partial charge in [0.25, 0.3) is 10.0 Å². The lowest BCUT2D eigenvalue weighted by Gasteiger charge is -2.34. The molecule has 3 aromatic carbocycles. The molecule has 2 amide bonds. The van der Waals surface area contributed by atoms with E-state index < -0.39 is 28.5 Å². The predicted octanol–water partition coefficient (Wildman–Crippen LogP) is 5.27. The number of nitrogens with zero attached hydrogens (tertiary/aromatic N) is 2. The zero-order chi connectivity index (χ0) is 29.3. The number of amides is 2. The number of anilines is 1. The van der Waals surface area contributed by atoms with Gasteiger partial charge in [-0.05, 0) is 61.7 Å². The zero-order valence-corrected chi connectivity index (χ0v) is 24.8. The molecule has 3 rings (SSSR count). The third-order valence-electron chi connectivity index (χ3n) is 6.61. The van der Waals surface area contributed by atoms with Gasteiger partial charge in [0.2, 0.25) is 11.8 Å². The molecule has 0 spiro atoms. The number of carbonyl (C=O) groups is 2. The molecule has 0 aliphatic carbocycles. The lowest BCUT2D eigenvalue weighted by atomic mass is 10.1. The molecule has 0 aromatic heterocycles. The van der Waals surface area contributed by atoms with Crippen LogP contribution in [0.4, 0.5) is 5.69 Å². The first-order valence-corrected chi connectivity index (χ1v) is 15.0. The van der Waals surface area contributed by atoms with Crippen LogP contribution in [0.1, 0.15) is 39.2 Å². The van der Waals surface area contributed by atoms with Crippen LogP contribution >= 0.6 is 11.6 Å². The Labute approximate surface area is 241 Å². The summed E-state index contributed by atoms with van der Waals surface area (Å²) >= 11 is 6.44. The Morgan fingerprint density at radius 3 is 2.25 bits per heavy atom. The Morgan fingerprint density at radius 1 is 0.950 bits per heavy atom. The van der Waals surface area contributed by atoms with Crippen LogP contribution in [0, 0.1) is 0 Å². The van der Waals surface area contributed by atoms with E-state index in [1.807, 2.05) is 26.8 Å². The monoisotopic (exact) mass is 585 g/mol. The maximum Gasteiger partial charge on any atom is 0.264 e. The fourth-order valence-corrected chi connectivity index (χ4v) is 5.96. The van der Waals surface area contributed by atoms with Gasteiger partial charge in [0.1, 0.15) is 18.3 Å². The highest BCUT2D eigenvalue weighted by molar-refractivity contribution is 7.92. The van der Waals surface area contributed by atoms with Gasteiger partial charge in [0.05, 0.1) is 22.7 Å². The molecule has 0 fully saturated rings. The zero-order valence-electron chi connectivity index (χ0n) is 23.2. The second kappa shape index (κ2) is 14.2. The molecule has 40 heavy (non-hydrogen) atoms. The Morgan fingerprint density at radius 2 is 1.62 bits per heavy atom. The van der Waals surface area contributed by atoms with Crippen LogP contribution in [0.15, 0.2) is 83.8 Å². The number of methoxy groups -OCH3 is 1. The van der Waals surface area contributed by atoms with Gasteiger partial charge in [-0.25, -0.2) is 8.42 Å². The molecule has 0 aliphatic heterocycles. The lowest BCUT2D eigenvalue weighted by molar-refractivity contribution is -0.140. The number of carbonyl (C=O) groups excluding carboxylic acids is 2. The first-order valence-electron chi connectivity index (χ1n) is 13.2. The molecule has 10 heteroatoms. The minimum atomic E-state index is -4.18. The van der Waals surface area contributed by atoms with Crippen LogP contribution in [0.2, 0.25) is 5.02 Å². The van der Waals surface area contributed by atoms with Crippen LogP contribution in [0.3, 0.4) is 0 Å². The van der Waals surface area contributed by atoms with Gasteiger partial charge in [0, 0.05) is 12.6 Å². The summed E-state index contributed by atoms with van der Waals surface area (Å²) in [5.74, 6) is -0.247. The average Bonchev–Trinajstić information content (AvgIpc) is 2.96. The smallest absolute Gasteiger partial charge is 0.264 e. The quantitative estimate of drug-likeness (QED) is 0.295. The number of hydrogen-bond acceptors (Lipinski definition) is 5. The molecule has 0 saturated carbocycles. The van der Waals surface area contributed by atoms with Gasteiger partial charge in [-0.2, -0.15) is 0 Å². The van der Waals surface area contributed by atoms with E-state index in [1.165, 1.54) is 17.0 Å². The van der Waals surface area contributed by atoms with E-state index in [2.05, 4.69) is 5.32 Å². The molecule has 0 bridgehead atoms. The van der Waals surface area contributed by atoms with Crippen LogP contribution in [0.25, 0.3) is 0 Å². The summed E-state index contributed by atoms with van der Waals surface area (Å²) in [5, 5.41) is 3.14. The van der Waals surface area contributed by atoms with Gasteiger partial charge >= 0.3 is 0 Å². The van der Waals surface area contributed by atoms with Gasteiger partial charge < -0.3 is 15.0 Å². The third-order valence-corrected chi connectivity index (χ3v) is 8.70. The third kappa shape index (κ3) is 7.55. The number of benzene rings is 3. The predicted molar refractivity (Wildman–Crippen MR) is 158 cm³/mol. The molecule has 2 unspecified atom stereocenters. The number of sulfonamides is 1. The second-order valence-electron chi connectivity index (χ2n) is 9.39. The molecule has 8 nitrogen and oxygen atoms in total. The van der Waals surface area contributed by atoms with Crippen molar-refractivity contribution >= 4 is 39.1 Å². The Kier molecular flexibility index (Phi) is 11.0. The topological polar surface area (TPSA) is 96.0 Å². The highest BCUT2D eigenvalue weighted by Crippen LogP contribution is 2.31. The van der Waals surface area contributed by atoms with Crippen molar-refractivity contribution in [3.05, 3.63) is 89.4 Å². The van der Waals surface area contributed by atoms with Gasteiger partial charge in [-0.15, -0.1) is 0 Å². The summed E-state index contributed by atoms with van der Waals surface area (Å²) in [6.45, 7) is 5.19. The Hall–Kier alpha value is -3.56. The highest BCUT2D eigenvalue weighted by atomic mass is 35.5. The Bertz CT molecular complexity index is 1400. The van der Waals surface area contributed by atoms with Crippen molar-refractivity contribution in [2.45, 2.75) is 57.1 Å². The van der Waals surface area contributed by atoms with E-state index in [9.17, 15) is 18.0 Å². The van der Waals surface area contributed by atoms with Gasteiger partial charge in [0.15, 0.2) is 0 Å². The average molecular weight is 586 g/mol. The minimum absolute atomic E-state index is 0.0172. The number of hydrogen-bond donors (Lipinski definition) is 1. The molecule has 0 heterocycles. The van der Waals surface area contributed by atoms with E-state index >= 15 is 0 Å². The van der Waals surface area contributed by atoms with E-state index in [-0.39, 0.29) is 34.1 Å². The summed E-state index contributed by atoms with van der Waals surface area (Å²) in [6.07, 6.45) is 1.05. The molecule has 3 aromatic rings. The molecular weight excluding hydrogens is 550 g/mol. The van der Waals surface area contributed by atoms with Gasteiger partial charge in [-0.1, -0.05) is 67.9 Å². The van der Waals surface area contributed by atoms with Crippen molar-refractivity contribution in [1.29, 1.82) is 0 Å². The molecule has 0 aliphatic rings. The van der Waals surface area contributed by atoms with E-state index in [4.69, 9.17) is 16.3 Å². The van der Waals surface area contributed by atoms with Crippen molar-refractivity contribution < 1.29 is 22.7 Å². The number of rotatable bonds is 13. The summed E-state index contributed by atoms with van der Waals surface area (Å²) in [7, 11) is -2.64. The molecule has 0 radical (unpaired) electrons. The second-order valence-corrected chi connectivity index (χ2v) is 11.7. The fraction of sp³-hybridized carbons (Fsp3) is 0.333. The van der Waals surface area contributed by atoms with E-state index in [0.717, 1.165) is 16.3 Å². The first-order chi connectivity index (χ1) is 19.1. The van der Waals surface area contributed by atoms with Crippen LogP contribution in [-0.2, 0) is 26.2 Å². The number of halogens is 1. The van der Waals surface area contributed by atoms with Crippen molar-refractivity contribution in [3.63, 3.8) is 0 Å². The number of ether oxygens (including phenoxy) is 1. The number of nitrogens with one attached hydrogen (secondary N) is 1. The molecule has 214 valence electrons. The molecule has 0 saturated heterocycles. The largest absolute Gasteiger partial charge is 0.497 e. The molecule has 2 atom stereocenters. The normalized spacial score (nSPS) is 12.7. The van der Waals surface area contributed by atoms with Crippen molar-refractivity contribution in [3.8, 4) is 5.75 Å². The molecular formula is C30H36ClN3O5S. The summed E-state index contributed by atoms with van der Waals surface area (Å²) in [4.78, 5) is 28.9. The van der Waals surface area contributed by atoms with E-state index in [1.54, 1.807) is 67.8 Å². The maximum absolute atomic E-state index is 14.1. The minimum Gasteiger partial charge on any atom is -0.497 e. The Balaban J connectivity index is 2.07. The van der Waals surface area contributed by atoms with Crippen molar-refractivity contribution in [1.82, 2.24) is 10.2 Å². The van der Waals surface area contributed by atoms with Crippen LogP contribution < -0.4 is 14.4 Å². The molecule has 1 N–H and O–H groups in total.